The highest BCUT2D eigenvalue weighted by molar-refractivity contribution is 5.92. The van der Waals surface area contributed by atoms with Crippen molar-refractivity contribution in [2.45, 2.75) is 18.9 Å². The predicted octanol–water partition coefficient (Wildman–Crippen LogP) is 1.74. The van der Waals surface area contributed by atoms with Crippen LogP contribution in [0.5, 0.6) is 5.75 Å². The van der Waals surface area contributed by atoms with E-state index in [0.29, 0.717) is 13.2 Å². The fraction of sp³-hybridized carbons (Fsp3) is 0.533. The van der Waals surface area contributed by atoms with Crippen molar-refractivity contribution in [3.63, 3.8) is 0 Å². The number of amides is 1. The Hall–Kier alpha value is -1.59. The molecule has 5 heteroatoms. The van der Waals surface area contributed by atoms with Gasteiger partial charge in [0.2, 0.25) is 5.91 Å². The van der Waals surface area contributed by atoms with E-state index in [1.165, 1.54) is 0 Å². The van der Waals surface area contributed by atoms with Gasteiger partial charge in [0.05, 0.1) is 12.6 Å². The number of anilines is 1. The highest BCUT2D eigenvalue weighted by Gasteiger charge is 2.15. The molecule has 0 bridgehead atoms. The molecule has 1 amide bonds. The number of hydrogen-bond donors (Lipinski definition) is 1. The van der Waals surface area contributed by atoms with Crippen molar-refractivity contribution in [2.75, 3.05) is 39.2 Å². The monoisotopic (exact) mass is 278 g/mol. The molecule has 0 spiro atoms. The van der Waals surface area contributed by atoms with E-state index in [2.05, 4.69) is 5.32 Å². The van der Waals surface area contributed by atoms with Crippen LogP contribution in [0.4, 0.5) is 5.69 Å². The minimum Gasteiger partial charge on any atom is -0.491 e. The topological polar surface area (TPSA) is 50.8 Å². The lowest BCUT2D eigenvalue weighted by Crippen LogP contribution is -2.27. The smallest absolute Gasteiger partial charge is 0.238 e. The summed E-state index contributed by atoms with van der Waals surface area (Å²) in [5.74, 6) is 0.772. The number of rotatable bonds is 6. The number of ether oxygens (including phenoxy) is 2. The van der Waals surface area contributed by atoms with Crippen molar-refractivity contribution >= 4 is 11.6 Å². The maximum absolute atomic E-state index is 11.6. The summed E-state index contributed by atoms with van der Waals surface area (Å²) in [6, 6.07) is 7.41. The predicted molar refractivity (Wildman–Crippen MR) is 78.1 cm³/mol. The van der Waals surface area contributed by atoms with Gasteiger partial charge in [0.15, 0.2) is 0 Å². The van der Waals surface area contributed by atoms with Gasteiger partial charge in [-0.15, -0.1) is 0 Å². The molecular weight excluding hydrogens is 256 g/mol. The van der Waals surface area contributed by atoms with Crippen LogP contribution >= 0.6 is 0 Å². The van der Waals surface area contributed by atoms with Gasteiger partial charge in [0.25, 0.3) is 0 Å². The van der Waals surface area contributed by atoms with Gasteiger partial charge >= 0.3 is 0 Å². The zero-order chi connectivity index (χ0) is 14.4. The third-order valence-electron chi connectivity index (χ3n) is 3.06. The first-order valence-corrected chi connectivity index (χ1v) is 6.92. The van der Waals surface area contributed by atoms with Crippen molar-refractivity contribution in [3.8, 4) is 5.75 Å². The lowest BCUT2D eigenvalue weighted by Gasteiger charge is -2.12. The molecule has 1 aromatic carbocycles. The molecule has 5 nitrogen and oxygen atoms in total. The van der Waals surface area contributed by atoms with Gasteiger partial charge in [-0.05, 0) is 51.2 Å². The number of benzene rings is 1. The molecule has 1 saturated heterocycles. The van der Waals surface area contributed by atoms with Crippen LogP contribution in [-0.2, 0) is 9.53 Å². The molecular formula is C15H22N2O3. The SMILES string of the molecule is CN(C)CC(=O)Nc1ccc(OCC2CCCO2)cc1. The number of hydrogen-bond acceptors (Lipinski definition) is 4. The van der Waals surface area contributed by atoms with Gasteiger partial charge in [-0.2, -0.15) is 0 Å². The summed E-state index contributed by atoms with van der Waals surface area (Å²) in [5.41, 5.74) is 0.779. The summed E-state index contributed by atoms with van der Waals surface area (Å²) in [5, 5.41) is 2.84. The molecule has 1 aliphatic rings. The fourth-order valence-electron chi connectivity index (χ4n) is 2.09. The Morgan fingerprint density at radius 1 is 1.40 bits per heavy atom. The minimum absolute atomic E-state index is 0.0250. The Morgan fingerprint density at radius 2 is 2.15 bits per heavy atom. The van der Waals surface area contributed by atoms with Crippen LogP contribution in [-0.4, -0.2) is 50.8 Å². The van der Waals surface area contributed by atoms with Crippen molar-refractivity contribution < 1.29 is 14.3 Å². The largest absolute Gasteiger partial charge is 0.491 e. The molecule has 1 unspecified atom stereocenters. The third-order valence-corrected chi connectivity index (χ3v) is 3.06. The molecule has 0 radical (unpaired) electrons. The molecule has 110 valence electrons. The fourth-order valence-corrected chi connectivity index (χ4v) is 2.09. The van der Waals surface area contributed by atoms with Crippen LogP contribution in [0.3, 0.4) is 0 Å². The Kier molecular flexibility index (Phi) is 5.38. The maximum Gasteiger partial charge on any atom is 0.238 e. The van der Waals surface area contributed by atoms with Gasteiger partial charge in [0.1, 0.15) is 12.4 Å². The molecule has 1 aliphatic heterocycles. The van der Waals surface area contributed by atoms with Crippen molar-refractivity contribution in [3.05, 3.63) is 24.3 Å². The lowest BCUT2D eigenvalue weighted by atomic mass is 10.2. The van der Waals surface area contributed by atoms with Crippen LogP contribution in [0.25, 0.3) is 0 Å². The number of nitrogens with one attached hydrogen (secondary N) is 1. The number of nitrogens with zero attached hydrogens (tertiary/aromatic N) is 1. The Balaban J connectivity index is 1.78. The molecule has 1 fully saturated rings. The van der Waals surface area contributed by atoms with Crippen LogP contribution in [0, 0.1) is 0 Å². The molecule has 0 aromatic heterocycles. The first kappa shape index (κ1) is 14.8. The van der Waals surface area contributed by atoms with E-state index in [0.717, 1.165) is 30.9 Å². The van der Waals surface area contributed by atoms with Crippen LogP contribution in [0.2, 0.25) is 0 Å². The van der Waals surface area contributed by atoms with E-state index in [-0.39, 0.29) is 12.0 Å². The first-order valence-electron chi connectivity index (χ1n) is 6.92. The van der Waals surface area contributed by atoms with Crippen molar-refractivity contribution in [1.29, 1.82) is 0 Å². The average Bonchev–Trinajstić information content (AvgIpc) is 2.90. The van der Waals surface area contributed by atoms with Gasteiger partial charge in [0, 0.05) is 12.3 Å². The zero-order valence-corrected chi connectivity index (χ0v) is 12.1. The number of likely N-dealkylation sites (N-methyl/N-ethyl adjacent to an activating group) is 1. The molecule has 20 heavy (non-hydrogen) atoms. The number of carbonyl (C=O) groups excluding carboxylic acids is 1. The Labute approximate surface area is 119 Å². The second-order valence-corrected chi connectivity index (χ2v) is 5.26. The molecule has 1 atom stereocenters. The first-order chi connectivity index (χ1) is 9.63. The van der Waals surface area contributed by atoms with Crippen molar-refractivity contribution in [1.82, 2.24) is 4.90 Å². The number of carbonyl (C=O) groups is 1. The highest BCUT2D eigenvalue weighted by Crippen LogP contribution is 2.18. The molecule has 1 N–H and O–H groups in total. The third kappa shape index (κ3) is 4.83. The van der Waals surface area contributed by atoms with E-state index in [4.69, 9.17) is 9.47 Å². The van der Waals surface area contributed by atoms with E-state index in [1.54, 1.807) is 0 Å². The summed E-state index contributed by atoms with van der Waals surface area (Å²) in [4.78, 5) is 13.4. The highest BCUT2D eigenvalue weighted by atomic mass is 16.5. The minimum atomic E-state index is -0.0250. The summed E-state index contributed by atoms with van der Waals surface area (Å²) >= 11 is 0. The molecule has 2 rings (SSSR count). The van der Waals surface area contributed by atoms with Crippen molar-refractivity contribution in [2.24, 2.45) is 0 Å². The molecule has 1 aromatic rings. The Bertz CT molecular complexity index is 425. The van der Waals surface area contributed by atoms with E-state index in [9.17, 15) is 4.79 Å². The van der Waals surface area contributed by atoms with Gasteiger partial charge < -0.3 is 19.7 Å². The lowest BCUT2D eigenvalue weighted by molar-refractivity contribution is -0.116. The van der Waals surface area contributed by atoms with E-state index in [1.807, 2.05) is 43.3 Å². The second-order valence-electron chi connectivity index (χ2n) is 5.26. The quantitative estimate of drug-likeness (QED) is 0.861. The van der Waals surface area contributed by atoms with E-state index >= 15 is 0 Å². The normalized spacial score (nSPS) is 18.2. The average molecular weight is 278 g/mol. The van der Waals surface area contributed by atoms with E-state index < -0.39 is 0 Å². The standard InChI is InChI=1S/C15H22N2O3/c1-17(2)10-15(18)16-12-5-7-13(8-6-12)20-11-14-4-3-9-19-14/h5-8,14H,3-4,9-11H2,1-2H3,(H,16,18). The Morgan fingerprint density at radius 3 is 2.75 bits per heavy atom. The summed E-state index contributed by atoms with van der Waals surface area (Å²) < 4.78 is 11.2. The summed E-state index contributed by atoms with van der Waals surface area (Å²) in [6.07, 6.45) is 2.40. The van der Waals surface area contributed by atoms with Crippen LogP contribution in [0.1, 0.15) is 12.8 Å². The summed E-state index contributed by atoms with van der Waals surface area (Å²) in [6.45, 7) is 1.80. The van der Waals surface area contributed by atoms with Gasteiger partial charge in [-0.25, -0.2) is 0 Å². The summed E-state index contributed by atoms with van der Waals surface area (Å²) in [7, 11) is 3.73. The zero-order valence-electron chi connectivity index (χ0n) is 12.1. The van der Waals surface area contributed by atoms with Crippen LogP contribution < -0.4 is 10.1 Å². The van der Waals surface area contributed by atoms with Gasteiger partial charge in [-0.1, -0.05) is 0 Å². The molecule has 0 aliphatic carbocycles. The second kappa shape index (κ2) is 7.26. The molecule has 0 saturated carbocycles. The maximum atomic E-state index is 11.6. The molecule has 1 heterocycles. The van der Waals surface area contributed by atoms with Gasteiger partial charge in [-0.3, -0.25) is 4.79 Å². The van der Waals surface area contributed by atoms with Crippen LogP contribution in [0.15, 0.2) is 24.3 Å².